The van der Waals surface area contributed by atoms with Crippen LogP contribution in [0.3, 0.4) is 0 Å². The minimum atomic E-state index is -1.28. The number of carbonyl (C=O) groups excluding carboxylic acids is 3. The number of rotatable bonds is 6. The van der Waals surface area contributed by atoms with Gasteiger partial charge in [0.25, 0.3) is 5.91 Å². The second-order valence-electron chi connectivity index (χ2n) is 10.8. The third-order valence-corrected chi connectivity index (χ3v) is 7.84. The lowest BCUT2D eigenvalue weighted by Gasteiger charge is -2.29. The van der Waals surface area contributed by atoms with Crippen LogP contribution < -0.4 is 5.32 Å². The van der Waals surface area contributed by atoms with Crippen molar-refractivity contribution in [1.29, 1.82) is 0 Å². The van der Waals surface area contributed by atoms with Gasteiger partial charge in [-0.2, -0.15) is 0 Å². The maximum atomic E-state index is 13.6. The summed E-state index contributed by atoms with van der Waals surface area (Å²) in [6.07, 6.45) is 0.227. The molecule has 0 radical (unpaired) electrons. The predicted molar refractivity (Wildman–Crippen MR) is 139 cm³/mol. The lowest BCUT2D eigenvalue weighted by Crippen LogP contribution is -2.55. The summed E-state index contributed by atoms with van der Waals surface area (Å²) < 4.78 is 5.79. The molecular weight excluding hydrogens is 486 g/mol. The number of hydrogen-bond acceptors (Lipinski definition) is 6. The molecule has 0 aromatic heterocycles. The van der Waals surface area contributed by atoms with Gasteiger partial charge in [-0.3, -0.25) is 24.2 Å². The number of carboxylic acids is 1. The highest BCUT2D eigenvalue weighted by atomic mass is 16.6. The lowest BCUT2D eigenvalue weighted by molar-refractivity contribution is -0.155. The molecule has 2 fully saturated rings. The SMILES string of the molecule is CC1C[C@@H](C(=O)N(CC(=O)O)C(=O)[C@@H]2C[C@H](C)CN2)N(C(=O)OCC2c3ccccc3-c3ccccc32)C1. The molecule has 9 nitrogen and oxygen atoms in total. The van der Waals surface area contributed by atoms with Gasteiger partial charge in [0.1, 0.15) is 19.2 Å². The average molecular weight is 520 g/mol. The summed E-state index contributed by atoms with van der Waals surface area (Å²) in [5, 5.41) is 12.5. The van der Waals surface area contributed by atoms with Crippen molar-refractivity contribution in [3.05, 3.63) is 59.7 Å². The fraction of sp³-hybridized carbons (Fsp3) is 0.448. The van der Waals surface area contributed by atoms with E-state index in [0.717, 1.165) is 27.2 Å². The van der Waals surface area contributed by atoms with Gasteiger partial charge in [-0.25, -0.2) is 4.79 Å². The van der Waals surface area contributed by atoms with E-state index >= 15 is 0 Å². The summed E-state index contributed by atoms with van der Waals surface area (Å²) in [6.45, 7) is 4.19. The zero-order chi connectivity index (χ0) is 27.0. The molecule has 1 unspecified atom stereocenters. The average Bonchev–Trinajstić information content (AvgIpc) is 3.60. The van der Waals surface area contributed by atoms with E-state index in [9.17, 15) is 24.3 Å². The number of nitrogens with zero attached hydrogens (tertiary/aromatic N) is 2. The molecule has 2 aromatic rings. The van der Waals surface area contributed by atoms with Crippen LogP contribution in [0.1, 0.15) is 43.7 Å². The highest BCUT2D eigenvalue weighted by molar-refractivity contribution is 6.03. The molecule has 3 aliphatic rings. The van der Waals surface area contributed by atoms with E-state index in [0.29, 0.717) is 25.9 Å². The number of fused-ring (bicyclic) bond motifs is 3. The van der Waals surface area contributed by atoms with Crippen LogP contribution >= 0.6 is 0 Å². The number of carbonyl (C=O) groups is 4. The largest absolute Gasteiger partial charge is 0.480 e. The van der Waals surface area contributed by atoms with E-state index in [-0.39, 0.29) is 24.4 Å². The molecule has 2 aromatic carbocycles. The number of ether oxygens (including phenoxy) is 1. The van der Waals surface area contributed by atoms with Crippen LogP contribution in [0.25, 0.3) is 11.1 Å². The number of nitrogens with one attached hydrogen (secondary N) is 1. The smallest absolute Gasteiger partial charge is 0.410 e. The molecule has 2 N–H and O–H groups in total. The van der Waals surface area contributed by atoms with Crippen LogP contribution in [0, 0.1) is 11.8 Å². The fourth-order valence-electron chi connectivity index (χ4n) is 6.03. The summed E-state index contributed by atoms with van der Waals surface area (Å²) in [5.41, 5.74) is 4.40. The van der Waals surface area contributed by atoms with E-state index in [1.807, 2.05) is 50.2 Å². The Morgan fingerprint density at radius 1 is 0.947 bits per heavy atom. The summed E-state index contributed by atoms with van der Waals surface area (Å²) in [5.74, 6) is -2.40. The Morgan fingerprint density at radius 3 is 2.16 bits per heavy atom. The van der Waals surface area contributed by atoms with E-state index in [2.05, 4.69) is 17.4 Å². The molecule has 0 saturated carbocycles. The minimum Gasteiger partial charge on any atom is -0.480 e. The van der Waals surface area contributed by atoms with Crippen molar-refractivity contribution < 1.29 is 29.0 Å². The Balaban J connectivity index is 1.32. The normalized spacial score (nSPS) is 24.1. The molecule has 9 heteroatoms. The Labute approximate surface area is 221 Å². The number of amides is 3. The Kier molecular flexibility index (Phi) is 7.21. The fourth-order valence-corrected chi connectivity index (χ4v) is 6.03. The Hall–Kier alpha value is -3.72. The van der Waals surface area contributed by atoms with Gasteiger partial charge in [0, 0.05) is 12.5 Å². The van der Waals surface area contributed by atoms with Gasteiger partial charge in [0.05, 0.1) is 6.04 Å². The van der Waals surface area contributed by atoms with Crippen molar-refractivity contribution in [3.8, 4) is 11.1 Å². The number of likely N-dealkylation sites (tertiary alicyclic amines) is 1. The monoisotopic (exact) mass is 519 g/mol. The second kappa shape index (κ2) is 10.6. The molecule has 1 aliphatic carbocycles. The predicted octanol–water partition coefficient (Wildman–Crippen LogP) is 3.08. The second-order valence-corrected chi connectivity index (χ2v) is 10.8. The van der Waals surface area contributed by atoms with Gasteiger partial charge < -0.3 is 15.2 Å². The van der Waals surface area contributed by atoms with Crippen molar-refractivity contribution in [3.63, 3.8) is 0 Å². The van der Waals surface area contributed by atoms with Crippen LogP contribution in [-0.4, -0.2) is 77.1 Å². The van der Waals surface area contributed by atoms with Crippen molar-refractivity contribution in [2.45, 2.75) is 44.7 Å². The summed E-state index contributed by atoms with van der Waals surface area (Å²) in [6, 6.07) is 14.5. The van der Waals surface area contributed by atoms with Gasteiger partial charge in [-0.05, 0) is 53.5 Å². The Morgan fingerprint density at radius 2 is 1.58 bits per heavy atom. The first-order valence-corrected chi connectivity index (χ1v) is 13.2. The zero-order valence-electron chi connectivity index (χ0n) is 21.6. The van der Waals surface area contributed by atoms with Gasteiger partial charge in [-0.1, -0.05) is 62.4 Å². The van der Waals surface area contributed by atoms with Crippen molar-refractivity contribution in [1.82, 2.24) is 15.1 Å². The Bertz CT molecular complexity index is 1220. The third kappa shape index (κ3) is 4.90. The quantitative estimate of drug-likeness (QED) is 0.564. The van der Waals surface area contributed by atoms with Crippen LogP contribution in [0.2, 0.25) is 0 Å². The molecule has 2 aliphatic heterocycles. The third-order valence-electron chi connectivity index (χ3n) is 7.84. The first-order valence-electron chi connectivity index (χ1n) is 13.2. The molecule has 200 valence electrons. The van der Waals surface area contributed by atoms with Crippen LogP contribution in [-0.2, 0) is 19.1 Å². The van der Waals surface area contributed by atoms with Gasteiger partial charge in [0.2, 0.25) is 5.91 Å². The number of hydrogen-bond donors (Lipinski definition) is 2. The van der Waals surface area contributed by atoms with Crippen LogP contribution in [0.15, 0.2) is 48.5 Å². The van der Waals surface area contributed by atoms with E-state index in [4.69, 9.17) is 4.74 Å². The zero-order valence-corrected chi connectivity index (χ0v) is 21.6. The van der Waals surface area contributed by atoms with Crippen molar-refractivity contribution in [2.24, 2.45) is 11.8 Å². The topological polar surface area (TPSA) is 116 Å². The van der Waals surface area contributed by atoms with Crippen molar-refractivity contribution in [2.75, 3.05) is 26.2 Å². The van der Waals surface area contributed by atoms with Gasteiger partial charge >= 0.3 is 12.1 Å². The van der Waals surface area contributed by atoms with Gasteiger partial charge in [-0.15, -0.1) is 0 Å². The molecule has 2 heterocycles. The number of carboxylic acid groups (broad SMARTS) is 1. The van der Waals surface area contributed by atoms with E-state index in [1.165, 1.54) is 4.90 Å². The first-order chi connectivity index (χ1) is 18.2. The molecule has 4 atom stereocenters. The number of aliphatic carboxylic acids is 1. The summed E-state index contributed by atoms with van der Waals surface area (Å²) in [7, 11) is 0. The lowest BCUT2D eigenvalue weighted by atomic mass is 9.98. The highest BCUT2D eigenvalue weighted by Crippen LogP contribution is 2.44. The molecule has 2 saturated heterocycles. The van der Waals surface area contributed by atoms with Crippen molar-refractivity contribution >= 4 is 23.9 Å². The molecule has 0 spiro atoms. The van der Waals surface area contributed by atoms with Gasteiger partial charge in [0.15, 0.2) is 0 Å². The molecular formula is C29H33N3O6. The maximum Gasteiger partial charge on any atom is 0.410 e. The number of imide groups is 1. The molecule has 3 amide bonds. The van der Waals surface area contributed by atoms with Crippen LogP contribution in [0.5, 0.6) is 0 Å². The van der Waals surface area contributed by atoms with E-state index < -0.39 is 42.5 Å². The first kappa shape index (κ1) is 25.9. The molecule has 0 bridgehead atoms. The maximum absolute atomic E-state index is 13.6. The minimum absolute atomic E-state index is 0.00385. The molecule has 38 heavy (non-hydrogen) atoms. The standard InChI is InChI=1S/C29H33N3O6/c1-17-11-24(30-13-17)27(35)32(15-26(33)34)28(36)25-12-18(2)14-31(25)29(37)38-16-23-21-9-5-3-7-19(21)20-8-4-6-10-22(20)23/h3-10,17-18,23-25,30H,11-16H2,1-2H3,(H,33,34)/t17-,18?,24-,25-/m0/s1. The van der Waals surface area contributed by atoms with E-state index in [1.54, 1.807) is 0 Å². The summed E-state index contributed by atoms with van der Waals surface area (Å²) in [4.78, 5) is 53.8. The number of benzene rings is 2. The highest BCUT2D eigenvalue weighted by Gasteiger charge is 2.44. The summed E-state index contributed by atoms with van der Waals surface area (Å²) >= 11 is 0. The van der Waals surface area contributed by atoms with Crippen LogP contribution in [0.4, 0.5) is 4.79 Å². The molecule has 5 rings (SSSR count).